The Hall–Kier alpha value is -1.95. The van der Waals surface area contributed by atoms with Crippen LogP contribution in [0.5, 0.6) is 0 Å². The van der Waals surface area contributed by atoms with Gasteiger partial charge in [0.05, 0.1) is 18.1 Å². The second-order valence-electron chi connectivity index (χ2n) is 6.74. The molecule has 122 valence electrons. The molecule has 0 spiro atoms. The van der Waals surface area contributed by atoms with Crippen LogP contribution in [0.3, 0.4) is 0 Å². The summed E-state index contributed by atoms with van der Waals surface area (Å²) in [6.45, 7) is 2.64. The van der Waals surface area contributed by atoms with Gasteiger partial charge in [-0.15, -0.1) is 0 Å². The van der Waals surface area contributed by atoms with Crippen molar-refractivity contribution in [2.75, 3.05) is 13.1 Å². The lowest BCUT2D eigenvalue weighted by molar-refractivity contribution is -0.130. The molecule has 1 aliphatic carbocycles. The van der Waals surface area contributed by atoms with Crippen LogP contribution in [0.1, 0.15) is 37.8 Å². The van der Waals surface area contributed by atoms with Gasteiger partial charge >= 0.3 is 0 Å². The summed E-state index contributed by atoms with van der Waals surface area (Å²) >= 11 is 0. The van der Waals surface area contributed by atoms with Crippen molar-refractivity contribution in [2.24, 2.45) is 5.92 Å². The maximum absolute atomic E-state index is 12.2. The number of imidazole rings is 1. The highest BCUT2D eigenvalue weighted by molar-refractivity contribution is 5.76. The Morgan fingerprint density at radius 1 is 1.22 bits per heavy atom. The minimum Gasteiger partial charge on any atom is -0.342 e. The first-order chi connectivity index (χ1) is 11.3. The van der Waals surface area contributed by atoms with E-state index in [1.54, 1.807) is 12.4 Å². The van der Waals surface area contributed by atoms with Crippen LogP contribution in [0.4, 0.5) is 0 Å². The highest BCUT2D eigenvalue weighted by atomic mass is 16.2. The minimum absolute atomic E-state index is 0.335. The molecule has 4 rings (SSSR count). The summed E-state index contributed by atoms with van der Waals surface area (Å²) in [5.74, 6) is 1.11. The molecule has 1 atom stereocenters. The number of carbonyl (C=O) groups excluding carboxylic acids is 1. The molecule has 2 aromatic heterocycles. The number of carbonyl (C=O) groups is 1. The fourth-order valence-electron chi connectivity index (χ4n) is 3.32. The minimum atomic E-state index is 0.335. The lowest BCUT2D eigenvalue weighted by Crippen LogP contribution is -2.33. The molecule has 1 unspecified atom stereocenters. The van der Waals surface area contributed by atoms with Crippen molar-refractivity contribution in [2.45, 2.75) is 44.7 Å². The molecular weight excluding hydrogens is 290 g/mol. The summed E-state index contributed by atoms with van der Waals surface area (Å²) in [6, 6.07) is 0.399. The van der Waals surface area contributed by atoms with E-state index >= 15 is 0 Å². The maximum atomic E-state index is 12.2. The Balaban J connectivity index is 1.34. The highest BCUT2D eigenvalue weighted by Gasteiger charge is 2.29. The van der Waals surface area contributed by atoms with E-state index < -0.39 is 0 Å². The summed E-state index contributed by atoms with van der Waals surface area (Å²) in [5, 5.41) is 3.61. The molecule has 2 fully saturated rings. The van der Waals surface area contributed by atoms with Crippen LogP contribution >= 0.6 is 0 Å². The van der Waals surface area contributed by atoms with E-state index in [1.807, 2.05) is 12.4 Å². The molecule has 3 heterocycles. The fourth-order valence-corrected chi connectivity index (χ4v) is 3.32. The second kappa shape index (κ2) is 6.28. The van der Waals surface area contributed by atoms with E-state index in [0.29, 0.717) is 18.4 Å². The zero-order valence-electron chi connectivity index (χ0n) is 13.3. The summed E-state index contributed by atoms with van der Waals surface area (Å²) in [7, 11) is 0. The zero-order chi connectivity index (χ0) is 15.6. The Morgan fingerprint density at radius 3 is 3.00 bits per heavy atom. The largest absolute Gasteiger partial charge is 0.342 e. The topological polar surface area (TPSA) is 62.5 Å². The first kappa shape index (κ1) is 14.6. The molecule has 1 saturated carbocycles. The maximum Gasteiger partial charge on any atom is 0.222 e. The predicted octanol–water partition coefficient (Wildman–Crippen LogP) is 1.61. The number of nitrogens with one attached hydrogen (secondary N) is 1. The average Bonchev–Trinajstić information content (AvgIpc) is 3.33. The van der Waals surface area contributed by atoms with Crippen LogP contribution in [0.25, 0.3) is 5.65 Å². The van der Waals surface area contributed by atoms with Crippen LogP contribution < -0.4 is 5.32 Å². The van der Waals surface area contributed by atoms with Crippen LogP contribution in [0.2, 0.25) is 0 Å². The highest BCUT2D eigenvalue weighted by Crippen LogP contribution is 2.30. The van der Waals surface area contributed by atoms with E-state index in [9.17, 15) is 4.79 Å². The van der Waals surface area contributed by atoms with Crippen molar-refractivity contribution in [3.8, 4) is 0 Å². The fraction of sp³-hybridized carbons (Fsp3) is 0.588. The van der Waals surface area contributed by atoms with Gasteiger partial charge in [0.2, 0.25) is 5.91 Å². The third-order valence-electron chi connectivity index (χ3n) is 4.95. The number of hydrogen-bond donors (Lipinski definition) is 1. The monoisotopic (exact) mass is 313 g/mol. The number of aromatic nitrogens is 3. The second-order valence-corrected chi connectivity index (χ2v) is 6.74. The predicted molar refractivity (Wildman–Crippen MR) is 86.8 cm³/mol. The molecule has 0 aromatic carbocycles. The number of hydrogen-bond acceptors (Lipinski definition) is 4. The van der Waals surface area contributed by atoms with Gasteiger partial charge in [0, 0.05) is 44.5 Å². The van der Waals surface area contributed by atoms with Crippen LogP contribution in [-0.2, 0) is 11.3 Å². The van der Waals surface area contributed by atoms with Gasteiger partial charge in [0.1, 0.15) is 0 Å². The van der Waals surface area contributed by atoms with Crippen molar-refractivity contribution in [1.82, 2.24) is 24.6 Å². The van der Waals surface area contributed by atoms with Crippen LogP contribution in [0, 0.1) is 5.92 Å². The number of amides is 1. The summed E-state index contributed by atoms with van der Waals surface area (Å²) in [4.78, 5) is 22.7. The van der Waals surface area contributed by atoms with Gasteiger partial charge in [-0.3, -0.25) is 14.2 Å². The van der Waals surface area contributed by atoms with E-state index in [0.717, 1.165) is 49.7 Å². The Bertz CT molecular complexity index is 693. The smallest absolute Gasteiger partial charge is 0.222 e. The van der Waals surface area contributed by atoms with Crippen molar-refractivity contribution in [3.63, 3.8) is 0 Å². The van der Waals surface area contributed by atoms with E-state index in [2.05, 4.69) is 24.6 Å². The van der Waals surface area contributed by atoms with Gasteiger partial charge in [-0.25, -0.2) is 4.98 Å². The molecule has 0 bridgehead atoms. The molecule has 6 heteroatoms. The van der Waals surface area contributed by atoms with Crippen molar-refractivity contribution >= 4 is 11.6 Å². The number of rotatable bonds is 5. The Labute approximate surface area is 135 Å². The summed E-state index contributed by atoms with van der Waals surface area (Å²) in [5.41, 5.74) is 2.00. The zero-order valence-corrected chi connectivity index (χ0v) is 13.3. The SMILES string of the molecule is O=C1CCC(NCc2cnc3cnccn23)CCN1CC1CC1. The molecule has 1 aliphatic heterocycles. The lowest BCUT2D eigenvalue weighted by atomic mass is 10.1. The number of nitrogens with zero attached hydrogens (tertiary/aromatic N) is 4. The van der Waals surface area contributed by atoms with Crippen molar-refractivity contribution in [1.29, 1.82) is 0 Å². The van der Waals surface area contributed by atoms with Gasteiger partial charge in [-0.2, -0.15) is 0 Å². The lowest BCUT2D eigenvalue weighted by Gasteiger charge is -2.20. The third kappa shape index (κ3) is 3.37. The molecule has 1 amide bonds. The molecule has 1 saturated heterocycles. The van der Waals surface area contributed by atoms with Gasteiger partial charge < -0.3 is 10.2 Å². The van der Waals surface area contributed by atoms with Gasteiger partial charge in [-0.05, 0) is 31.6 Å². The summed E-state index contributed by atoms with van der Waals surface area (Å²) < 4.78 is 2.06. The average molecular weight is 313 g/mol. The number of likely N-dealkylation sites (tertiary alicyclic amines) is 1. The Morgan fingerprint density at radius 2 is 2.13 bits per heavy atom. The molecule has 6 nitrogen and oxygen atoms in total. The molecule has 23 heavy (non-hydrogen) atoms. The van der Waals surface area contributed by atoms with E-state index in [1.165, 1.54) is 12.8 Å². The molecule has 0 radical (unpaired) electrons. The molecular formula is C17H23N5O. The van der Waals surface area contributed by atoms with E-state index in [-0.39, 0.29) is 0 Å². The quantitative estimate of drug-likeness (QED) is 0.911. The number of fused-ring (bicyclic) bond motifs is 1. The Kier molecular flexibility index (Phi) is 3.99. The first-order valence-corrected chi connectivity index (χ1v) is 8.57. The summed E-state index contributed by atoms with van der Waals surface area (Å²) in [6.07, 6.45) is 12.6. The van der Waals surface area contributed by atoms with Gasteiger partial charge in [0.25, 0.3) is 0 Å². The standard InChI is InChI=1S/C17H23N5O/c23-17-4-3-14(5-7-21(17)12-13-1-2-13)19-9-15-10-20-16-11-18-6-8-22(15)16/h6,8,10-11,13-14,19H,1-5,7,9,12H2. The molecule has 1 N–H and O–H groups in total. The first-order valence-electron chi connectivity index (χ1n) is 8.57. The van der Waals surface area contributed by atoms with Crippen molar-refractivity contribution in [3.05, 3.63) is 30.5 Å². The van der Waals surface area contributed by atoms with Crippen molar-refractivity contribution < 1.29 is 4.79 Å². The molecule has 2 aliphatic rings. The van der Waals surface area contributed by atoms with Gasteiger partial charge in [-0.1, -0.05) is 0 Å². The van der Waals surface area contributed by atoms with Crippen LogP contribution in [-0.4, -0.2) is 44.3 Å². The van der Waals surface area contributed by atoms with Gasteiger partial charge in [0.15, 0.2) is 5.65 Å². The molecule has 2 aromatic rings. The van der Waals surface area contributed by atoms with E-state index in [4.69, 9.17) is 0 Å². The van der Waals surface area contributed by atoms with Crippen LogP contribution in [0.15, 0.2) is 24.8 Å². The third-order valence-corrected chi connectivity index (χ3v) is 4.95. The normalized spacial score (nSPS) is 22.5.